The van der Waals surface area contributed by atoms with Gasteiger partial charge in [-0.25, -0.2) is 0 Å². The van der Waals surface area contributed by atoms with Crippen LogP contribution in [0.3, 0.4) is 0 Å². The van der Waals surface area contributed by atoms with Crippen LogP contribution in [0.25, 0.3) is 0 Å². The van der Waals surface area contributed by atoms with Gasteiger partial charge in [0.15, 0.2) is 5.82 Å². The van der Waals surface area contributed by atoms with Crippen molar-refractivity contribution in [3.8, 4) is 0 Å². The Bertz CT molecular complexity index is 921. The molecule has 0 aliphatic carbocycles. The third-order valence-electron chi connectivity index (χ3n) is 3.39. The lowest BCUT2D eigenvalue weighted by molar-refractivity contribution is -0.116. The van der Waals surface area contributed by atoms with Crippen LogP contribution < -0.4 is 5.32 Å². The maximum absolute atomic E-state index is 12.1. The Balaban J connectivity index is 1.68. The highest BCUT2D eigenvalue weighted by Crippen LogP contribution is 2.24. The molecule has 0 spiro atoms. The molecule has 0 atom stereocenters. The molecule has 2 heterocycles. The van der Waals surface area contributed by atoms with E-state index >= 15 is 0 Å². The van der Waals surface area contributed by atoms with Crippen molar-refractivity contribution in [2.75, 3.05) is 5.32 Å². The third-order valence-corrected chi connectivity index (χ3v) is 4.56. The van der Waals surface area contributed by atoms with Crippen LogP contribution in [-0.4, -0.2) is 25.5 Å². The van der Waals surface area contributed by atoms with E-state index in [9.17, 15) is 4.79 Å². The summed E-state index contributed by atoms with van der Waals surface area (Å²) in [5.41, 5.74) is 1.88. The molecule has 130 valence electrons. The fourth-order valence-electron chi connectivity index (χ4n) is 2.26. The van der Waals surface area contributed by atoms with E-state index < -0.39 is 0 Å². The number of halogens is 3. The van der Waals surface area contributed by atoms with E-state index in [-0.39, 0.29) is 12.5 Å². The Morgan fingerprint density at radius 3 is 2.76 bits per heavy atom. The van der Waals surface area contributed by atoms with E-state index in [0.717, 1.165) is 11.1 Å². The molecule has 1 amide bonds. The van der Waals surface area contributed by atoms with E-state index in [1.807, 2.05) is 13.0 Å². The summed E-state index contributed by atoms with van der Waals surface area (Å²) in [5, 5.41) is 12.4. The first-order valence-electron chi connectivity index (χ1n) is 7.36. The highest BCUT2D eigenvalue weighted by molar-refractivity contribution is 9.10. The molecular weight excluding hydrogens is 429 g/mol. The van der Waals surface area contributed by atoms with Crippen molar-refractivity contribution in [1.29, 1.82) is 0 Å². The van der Waals surface area contributed by atoms with Gasteiger partial charge in [-0.05, 0) is 46.1 Å². The number of hydrogen-bond acceptors (Lipinski definition) is 3. The molecule has 6 nitrogen and oxygen atoms in total. The second-order valence-electron chi connectivity index (χ2n) is 5.52. The highest BCUT2D eigenvalue weighted by atomic mass is 79.9. The molecule has 0 fully saturated rings. The lowest BCUT2D eigenvalue weighted by Gasteiger charge is -2.05. The third kappa shape index (κ3) is 4.62. The van der Waals surface area contributed by atoms with Crippen molar-refractivity contribution in [3.05, 3.63) is 62.4 Å². The van der Waals surface area contributed by atoms with E-state index in [4.69, 9.17) is 23.2 Å². The predicted molar refractivity (Wildman–Crippen MR) is 101 cm³/mol. The van der Waals surface area contributed by atoms with Crippen molar-refractivity contribution in [2.45, 2.75) is 20.0 Å². The summed E-state index contributed by atoms with van der Waals surface area (Å²) in [6, 6.07) is 5.31. The number of amides is 1. The zero-order valence-corrected chi connectivity index (χ0v) is 16.3. The van der Waals surface area contributed by atoms with Crippen LogP contribution in [0.4, 0.5) is 5.82 Å². The first-order valence-corrected chi connectivity index (χ1v) is 8.91. The molecule has 0 unspecified atom stereocenters. The fourth-order valence-corrected chi connectivity index (χ4v) is 3.14. The lowest BCUT2D eigenvalue weighted by atomic mass is 10.2. The maximum atomic E-state index is 12.1. The number of rotatable bonds is 5. The van der Waals surface area contributed by atoms with Crippen molar-refractivity contribution in [2.24, 2.45) is 0 Å². The SMILES string of the molecule is Cc1cnn(CC(=O)Nc2nn(Cc3ccc(Cl)cc3Cl)cc2Br)c1. The van der Waals surface area contributed by atoms with Gasteiger partial charge < -0.3 is 5.32 Å². The minimum absolute atomic E-state index is 0.121. The van der Waals surface area contributed by atoms with Gasteiger partial charge in [-0.3, -0.25) is 14.2 Å². The quantitative estimate of drug-likeness (QED) is 0.645. The normalized spacial score (nSPS) is 10.9. The Kier molecular flexibility index (Phi) is 5.46. The summed E-state index contributed by atoms with van der Waals surface area (Å²) in [6.45, 7) is 2.50. The Labute approximate surface area is 162 Å². The molecule has 9 heteroatoms. The monoisotopic (exact) mass is 441 g/mol. The number of anilines is 1. The van der Waals surface area contributed by atoms with Crippen LogP contribution >= 0.6 is 39.1 Å². The molecule has 3 aromatic rings. The summed E-state index contributed by atoms with van der Waals surface area (Å²) >= 11 is 15.5. The molecule has 25 heavy (non-hydrogen) atoms. The van der Waals surface area contributed by atoms with E-state index in [2.05, 4.69) is 31.4 Å². The van der Waals surface area contributed by atoms with Gasteiger partial charge in [-0.2, -0.15) is 10.2 Å². The number of carbonyl (C=O) groups excluding carboxylic acids is 1. The Hall–Kier alpha value is -1.83. The number of carbonyl (C=O) groups is 1. The second kappa shape index (κ2) is 7.59. The lowest BCUT2D eigenvalue weighted by Crippen LogP contribution is -2.19. The van der Waals surface area contributed by atoms with Gasteiger partial charge in [0.2, 0.25) is 5.91 Å². The molecule has 0 saturated heterocycles. The maximum Gasteiger partial charge on any atom is 0.247 e. The van der Waals surface area contributed by atoms with Crippen molar-refractivity contribution < 1.29 is 4.79 Å². The Morgan fingerprint density at radius 2 is 2.08 bits per heavy atom. The highest BCUT2D eigenvalue weighted by Gasteiger charge is 2.12. The second-order valence-corrected chi connectivity index (χ2v) is 7.22. The van der Waals surface area contributed by atoms with Gasteiger partial charge in [-0.1, -0.05) is 29.3 Å². The van der Waals surface area contributed by atoms with Crippen LogP contribution in [0.15, 0.2) is 41.3 Å². The molecule has 0 bridgehead atoms. The standard InChI is InChI=1S/C16H14BrCl2N5O/c1-10-5-20-23(6-10)9-15(25)21-16-13(17)8-24(22-16)7-11-2-3-12(18)4-14(11)19/h2-6,8H,7,9H2,1H3,(H,21,22,25). The summed E-state index contributed by atoms with van der Waals surface area (Å²) in [6.07, 6.45) is 5.28. The average molecular weight is 443 g/mol. The number of aromatic nitrogens is 4. The summed E-state index contributed by atoms with van der Waals surface area (Å²) < 4.78 is 3.94. The molecule has 0 saturated carbocycles. The van der Waals surface area contributed by atoms with E-state index in [0.29, 0.717) is 26.9 Å². The molecule has 0 aliphatic rings. The van der Waals surface area contributed by atoms with Gasteiger partial charge >= 0.3 is 0 Å². The van der Waals surface area contributed by atoms with Crippen molar-refractivity contribution >= 4 is 50.9 Å². The number of aryl methyl sites for hydroxylation is 1. The van der Waals surface area contributed by atoms with Gasteiger partial charge in [0, 0.05) is 22.4 Å². The van der Waals surface area contributed by atoms with Crippen LogP contribution in [0.1, 0.15) is 11.1 Å². The predicted octanol–water partition coefficient (Wildman–Crippen LogP) is 4.14. The molecule has 0 radical (unpaired) electrons. The minimum atomic E-state index is -0.210. The molecule has 1 N–H and O–H groups in total. The average Bonchev–Trinajstić information content (AvgIpc) is 3.08. The van der Waals surface area contributed by atoms with Gasteiger partial charge in [0.1, 0.15) is 6.54 Å². The Morgan fingerprint density at radius 1 is 1.28 bits per heavy atom. The molecular formula is C16H14BrCl2N5O. The van der Waals surface area contributed by atoms with Crippen LogP contribution in [0.2, 0.25) is 10.0 Å². The van der Waals surface area contributed by atoms with E-state index in [1.54, 1.807) is 40.1 Å². The van der Waals surface area contributed by atoms with E-state index in [1.165, 1.54) is 0 Å². The van der Waals surface area contributed by atoms with Crippen molar-refractivity contribution in [3.63, 3.8) is 0 Å². The van der Waals surface area contributed by atoms with Crippen LogP contribution in [-0.2, 0) is 17.9 Å². The minimum Gasteiger partial charge on any atom is -0.307 e. The number of nitrogens with zero attached hydrogens (tertiary/aromatic N) is 4. The van der Waals surface area contributed by atoms with Crippen molar-refractivity contribution in [1.82, 2.24) is 19.6 Å². The van der Waals surface area contributed by atoms with Crippen LogP contribution in [0, 0.1) is 6.92 Å². The zero-order valence-electron chi connectivity index (χ0n) is 13.2. The molecule has 2 aromatic heterocycles. The van der Waals surface area contributed by atoms with Crippen LogP contribution in [0.5, 0.6) is 0 Å². The summed E-state index contributed by atoms with van der Waals surface area (Å²) in [7, 11) is 0. The molecule has 1 aromatic carbocycles. The van der Waals surface area contributed by atoms with Gasteiger partial charge in [0.25, 0.3) is 0 Å². The molecule has 0 aliphatic heterocycles. The molecule has 3 rings (SSSR count). The first-order chi connectivity index (χ1) is 11.9. The largest absolute Gasteiger partial charge is 0.307 e. The first kappa shape index (κ1) is 18.0. The number of benzene rings is 1. The van der Waals surface area contributed by atoms with Gasteiger partial charge in [-0.15, -0.1) is 0 Å². The summed E-state index contributed by atoms with van der Waals surface area (Å²) in [5.74, 6) is 0.234. The zero-order chi connectivity index (χ0) is 18.0. The topological polar surface area (TPSA) is 64.7 Å². The number of nitrogens with one attached hydrogen (secondary N) is 1. The smallest absolute Gasteiger partial charge is 0.247 e. The van der Waals surface area contributed by atoms with Gasteiger partial charge in [0.05, 0.1) is 17.2 Å². The fraction of sp³-hybridized carbons (Fsp3) is 0.188. The number of hydrogen-bond donors (Lipinski definition) is 1. The summed E-state index contributed by atoms with van der Waals surface area (Å²) in [4.78, 5) is 12.1.